The molecule has 178 valence electrons. The minimum absolute atomic E-state index is 0.232. The molecule has 0 radical (unpaired) electrons. The molecule has 9 nitrogen and oxygen atoms in total. The first-order chi connectivity index (χ1) is 17.2. The molecule has 0 fully saturated rings. The first-order valence-corrected chi connectivity index (χ1v) is 11.5. The second kappa shape index (κ2) is 8.83. The van der Waals surface area contributed by atoms with E-state index in [0.717, 1.165) is 46.5 Å². The molecule has 0 amide bonds. The van der Waals surface area contributed by atoms with E-state index in [4.69, 9.17) is 23.7 Å². The van der Waals surface area contributed by atoms with Crippen molar-refractivity contribution in [2.24, 2.45) is 0 Å². The summed E-state index contributed by atoms with van der Waals surface area (Å²) >= 11 is 0. The molecule has 2 aromatic heterocycles. The standard InChI is InChI=1S/C26H23N3O6/c1-31-22-4-3-16-9-21-18-11-24-23(34-15-35-24)10-17(18)5-6-29(21)13-19(16)25(22)32-7-2-8-33-26(30)20-12-27-14-28-20/h3-4,9-14H,2,5-8,15H2,1H3/p+1. The van der Waals surface area contributed by atoms with E-state index in [1.165, 1.54) is 18.1 Å². The van der Waals surface area contributed by atoms with Crippen LogP contribution < -0.4 is 23.5 Å². The number of ether oxygens (including phenoxy) is 5. The number of methoxy groups -OCH3 is 1. The number of aromatic nitrogens is 3. The Morgan fingerprint density at radius 3 is 2.89 bits per heavy atom. The molecule has 2 aliphatic heterocycles. The molecular weight excluding hydrogens is 450 g/mol. The van der Waals surface area contributed by atoms with Gasteiger partial charge in [0.1, 0.15) is 0 Å². The third-order valence-corrected chi connectivity index (χ3v) is 6.27. The van der Waals surface area contributed by atoms with Gasteiger partial charge in [-0.05, 0) is 35.2 Å². The number of carbonyl (C=O) groups is 1. The van der Waals surface area contributed by atoms with Gasteiger partial charge in [-0.3, -0.25) is 0 Å². The van der Waals surface area contributed by atoms with E-state index in [9.17, 15) is 4.79 Å². The van der Waals surface area contributed by atoms with Crippen LogP contribution in [0.25, 0.3) is 22.0 Å². The lowest BCUT2D eigenvalue weighted by molar-refractivity contribution is -0.686. The number of rotatable bonds is 7. The number of nitrogens with zero attached hydrogens (tertiary/aromatic N) is 2. The SMILES string of the molecule is COc1ccc2cc3[n+](cc2c1OCCCOC(=O)c1c[nH]cn1)CCc1cc2c(cc1-3)OCO2. The lowest BCUT2D eigenvalue weighted by Gasteiger charge is -2.18. The molecule has 1 N–H and O–H groups in total. The Kier molecular flexibility index (Phi) is 5.36. The number of imidazole rings is 1. The van der Waals surface area contributed by atoms with Crippen LogP contribution >= 0.6 is 0 Å². The van der Waals surface area contributed by atoms with Gasteiger partial charge in [0.2, 0.25) is 12.5 Å². The van der Waals surface area contributed by atoms with Crippen molar-refractivity contribution >= 4 is 16.7 Å². The number of hydrogen-bond donors (Lipinski definition) is 1. The molecule has 4 aromatic rings. The predicted octanol–water partition coefficient (Wildman–Crippen LogP) is 3.44. The highest BCUT2D eigenvalue weighted by atomic mass is 16.7. The molecule has 0 bridgehead atoms. The third kappa shape index (κ3) is 3.88. The molecule has 35 heavy (non-hydrogen) atoms. The minimum atomic E-state index is -0.458. The Morgan fingerprint density at radius 2 is 2.06 bits per heavy atom. The Morgan fingerprint density at radius 1 is 1.17 bits per heavy atom. The molecule has 0 aliphatic carbocycles. The summed E-state index contributed by atoms with van der Waals surface area (Å²) in [5.74, 6) is 2.47. The Bertz CT molecular complexity index is 1420. The number of aryl methyl sites for hydroxylation is 2. The fourth-order valence-electron chi connectivity index (χ4n) is 4.55. The lowest BCUT2D eigenvalue weighted by Crippen LogP contribution is -2.40. The molecule has 0 atom stereocenters. The highest BCUT2D eigenvalue weighted by molar-refractivity contribution is 5.92. The number of pyridine rings is 1. The average molecular weight is 474 g/mol. The summed E-state index contributed by atoms with van der Waals surface area (Å²) < 4.78 is 30.4. The van der Waals surface area contributed by atoms with Crippen molar-refractivity contribution in [3.05, 3.63) is 60.3 Å². The van der Waals surface area contributed by atoms with Gasteiger partial charge in [-0.25, -0.2) is 9.78 Å². The summed E-state index contributed by atoms with van der Waals surface area (Å²) in [5, 5.41) is 2.01. The second-order valence-electron chi connectivity index (χ2n) is 8.36. The zero-order valence-corrected chi connectivity index (χ0v) is 19.2. The number of H-pyrrole nitrogens is 1. The van der Waals surface area contributed by atoms with Gasteiger partial charge in [0.15, 0.2) is 41.4 Å². The van der Waals surface area contributed by atoms with Gasteiger partial charge in [-0.2, -0.15) is 4.57 Å². The molecule has 0 spiro atoms. The average Bonchev–Trinajstić information content (AvgIpc) is 3.58. The first kappa shape index (κ1) is 21.3. The van der Waals surface area contributed by atoms with Crippen molar-refractivity contribution in [3.8, 4) is 34.3 Å². The largest absolute Gasteiger partial charge is 0.493 e. The predicted molar refractivity (Wildman–Crippen MR) is 125 cm³/mol. The van der Waals surface area contributed by atoms with E-state index in [0.29, 0.717) is 24.5 Å². The fraction of sp³-hybridized carbons (Fsp3) is 0.269. The van der Waals surface area contributed by atoms with Crippen molar-refractivity contribution in [3.63, 3.8) is 0 Å². The summed E-state index contributed by atoms with van der Waals surface area (Å²) in [6, 6.07) is 10.3. The smallest absolute Gasteiger partial charge is 0.358 e. The van der Waals surface area contributed by atoms with Gasteiger partial charge in [-0.1, -0.05) is 0 Å². The van der Waals surface area contributed by atoms with Crippen molar-refractivity contribution in [2.45, 2.75) is 19.4 Å². The Balaban J connectivity index is 1.24. The van der Waals surface area contributed by atoms with Crippen LogP contribution in [-0.2, 0) is 17.7 Å². The topological polar surface area (TPSA) is 95.8 Å². The maximum Gasteiger partial charge on any atom is 0.358 e. The normalized spacial score (nSPS) is 13.3. The van der Waals surface area contributed by atoms with Crippen LogP contribution in [0.5, 0.6) is 23.0 Å². The monoisotopic (exact) mass is 474 g/mol. The lowest BCUT2D eigenvalue weighted by atomic mass is 9.95. The summed E-state index contributed by atoms with van der Waals surface area (Å²) in [6.45, 7) is 1.71. The Hall–Kier alpha value is -4.27. The number of hydrogen-bond acceptors (Lipinski definition) is 7. The molecule has 2 aromatic carbocycles. The van der Waals surface area contributed by atoms with Crippen LogP contribution in [0.4, 0.5) is 0 Å². The maximum atomic E-state index is 11.9. The number of fused-ring (bicyclic) bond motifs is 5. The number of nitrogens with one attached hydrogen (secondary N) is 1. The number of carbonyl (C=O) groups excluding carboxylic acids is 1. The zero-order valence-electron chi connectivity index (χ0n) is 19.2. The number of benzene rings is 2. The summed E-state index contributed by atoms with van der Waals surface area (Å²) in [6.07, 6.45) is 6.50. The quantitative estimate of drug-likeness (QED) is 0.249. The highest BCUT2D eigenvalue weighted by Gasteiger charge is 2.28. The van der Waals surface area contributed by atoms with Crippen molar-refractivity contribution in [2.75, 3.05) is 27.1 Å². The van der Waals surface area contributed by atoms with Gasteiger partial charge in [0.05, 0.1) is 37.6 Å². The molecule has 0 unspecified atom stereocenters. The van der Waals surface area contributed by atoms with Crippen LogP contribution in [0, 0.1) is 0 Å². The maximum absolute atomic E-state index is 11.9. The number of esters is 1. The molecule has 6 rings (SSSR count). The van der Waals surface area contributed by atoms with Crippen molar-refractivity contribution in [1.82, 2.24) is 9.97 Å². The van der Waals surface area contributed by atoms with Gasteiger partial charge >= 0.3 is 5.97 Å². The van der Waals surface area contributed by atoms with E-state index in [-0.39, 0.29) is 19.1 Å². The second-order valence-corrected chi connectivity index (χ2v) is 8.36. The van der Waals surface area contributed by atoms with Crippen LogP contribution in [-0.4, -0.2) is 43.1 Å². The summed E-state index contributed by atoms with van der Waals surface area (Å²) in [4.78, 5) is 18.5. The van der Waals surface area contributed by atoms with Crippen molar-refractivity contribution < 1.29 is 33.0 Å². The minimum Gasteiger partial charge on any atom is -0.493 e. The number of aromatic amines is 1. The summed E-state index contributed by atoms with van der Waals surface area (Å²) in [7, 11) is 1.63. The van der Waals surface area contributed by atoms with E-state index < -0.39 is 5.97 Å². The molecule has 0 saturated carbocycles. The first-order valence-electron chi connectivity index (χ1n) is 11.5. The third-order valence-electron chi connectivity index (χ3n) is 6.27. The molecule has 2 aliphatic rings. The van der Waals surface area contributed by atoms with E-state index in [1.807, 2.05) is 12.1 Å². The van der Waals surface area contributed by atoms with Gasteiger partial charge in [-0.15, -0.1) is 0 Å². The fourth-order valence-corrected chi connectivity index (χ4v) is 4.55. The van der Waals surface area contributed by atoms with E-state index >= 15 is 0 Å². The molecule has 0 saturated heterocycles. The van der Waals surface area contributed by atoms with E-state index in [1.54, 1.807) is 7.11 Å². The van der Waals surface area contributed by atoms with Crippen LogP contribution in [0.3, 0.4) is 0 Å². The van der Waals surface area contributed by atoms with Crippen LogP contribution in [0.2, 0.25) is 0 Å². The Labute approximate surface area is 201 Å². The zero-order chi connectivity index (χ0) is 23.8. The highest BCUT2D eigenvalue weighted by Crippen LogP contribution is 2.41. The van der Waals surface area contributed by atoms with Gasteiger partial charge in [0.25, 0.3) is 0 Å². The van der Waals surface area contributed by atoms with Gasteiger partial charge in [0, 0.05) is 25.1 Å². The molecular formula is C26H24N3O6+. The molecule has 4 heterocycles. The van der Waals surface area contributed by atoms with Crippen molar-refractivity contribution in [1.29, 1.82) is 0 Å². The summed E-state index contributed by atoms with van der Waals surface area (Å²) in [5.41, 5.74) is 3.79. The van der Waals surface area contributed by atoms with Gasteiger partial charge < -0.3 is 28.7 Å². The van der Waals surface area contributed by atoms with Crippen LogP contribution in [0.1, 0.15) is 22.5 Å². The molecule has 9 heteroatoms. The van der Waals surface area contributed by atoms with E-state index in [2.05, 4.69) is 38.9 Å². The van der Waals surface area contributed by atoms with Crippen LogP contribution in [0.15, 0.2) is 49.1 Å².